The van der Waals surface area contributed by atoms with Crippen molar-refractivity contribution >= 4 is 21.6 Å². The van der Waals surface area contributed by atoms with E-state index in [9.17, 15) is 13.2 Å². The molecule has 0 spiro atoms. The van der Waals surface area contributed by atoms with E-state index in [1.807, 2.05) is 37.3 Å². The molecule has 27 heavy (non-hydrogen) atoms. The number of aryl methyl sites for hydroxylation is 1. The maximum atomic E-state index is 12.8. The van der Waals surface area contributed by atoms with E-state index in [2.05, 4.69) is 23.5 Å². The zero-order valence-electron chi connectivity index (χ0n) is 15.8. The molecule has 1 N–H and O–H groups in total. The van der Waals surface area contributed by atoms with Crippen molar-refractivity contribution in [1.29, 1.82) is 0 Å². The minimum absolute atomic E-state index is 0.0202. The largest absolute Gasteiger partial charge is 0.322 e. The zero-order valence-corrected chi connectivity index (χ0v) is 16.6. The third-order valence-electron chi connectivity index (χ3n) is 4.96. The van der Waals surface area contributed by atoms with Crippen molar-refractivity contribution in [2.45, 2.75) is 32.2 Å². The summed E-state index contributed by atoms with van der Waals surface area (Å²) in [5, 5.41) is 2.97. The fourth-order valence-electron chi connectivity index (χ4n) is 3.59. The predicted molar refractivity (Wildman–Crippen MR) is 110 cm³/mol. The Balaban J connectivity index is 1.75. The first-order valence-corrected chi connectivity index (χ1v) is 11.3. The van der Waals surface area contributed by atoms with Gasteiger partial charge in [0.1, 0.15) is 9.84 Å². The van der Waals surface area contributed by atoms with Gasteiger partial charge in [-0.05, 0) is 55.0 Å². The summed E-state index contributed by atoms with van der Waals surface area (Å²) in [5.74, 6) is 0.0202. The second-order valence-electron chi connectivity index (χ2n) is 7.26. The van der Waals surface area contributed by atoms with E-state index >= 15 is 0 Å². The molecular weight excluding hydrogens is 360 g/mol. The Morgan fingerprint density at radius 3 is 2.52 bits per heavy atom. The highest BCUT2D eigenvalue weighted by Gasteiger charge is 2.29. The Hall–Kier alpha value is -2.34. The molecule has 3 rings (SSSR count). The van der Waals surface area contributed by atoms with E-state index in [4.69, 9.17) is 0 Å². The lowest BCUT2D eigenvalue weighted by Crippen LogP contribution is -2.48. The van der Waals surface area contributed by atoms with Crippen LogP contribution in [0.3, 0.4) is 0 Å². The minimum Gasteiger partial charge on any atom is -0.321 e. The Morgan fingerprint density at radius 1 is 1.11 bits per heavy atom. The molecule has 1 atom stereocenters. The summed E-state index contributed by atoms with van der Waals surface area (Å²) in [7, 11) is -3.13. The number of nitrogens with one attached hydrogen (secondary N) is 1. The van der Waals surface area contributed by atoms with Crippen LogP contribution in [-0.4, -0.2) is 43.9 Å². The number of hydrogen-bond donors (Lipinski definition) is 1. The van der Waals surface area contributed by atoms with Gasteiger partial charge in [-0.15, -0.1) is 0 Å². The summed E-state index contributed by atoms with van der Waals surface area (Å²) < 4.78 is 23.4. The van der Waals surface area contributed by atoms with Gasteiger partial charge < -0.3 is 10.2 Å². The molecule has 6 heteroatoms. The molecule has 5 nitrogen and oxygen atoms in total. The van der Waals surface area contributed by atoms with Crippen LogP contribution < -0.4 is 5.32 Å². The molecule has 0 aromatic heterocycles. The van der Waals surface area contributed by atoms with Gasteiger partial charge in [0.15, 0.2) is 0 Å². The van der Waals surface area contributed by atoms with Crippen LogP contribution in [0.2, 0.25) is 0 Å². The monoisotopic (exact) mass is 386 g/mol. The highest BCUT2D eigenvalue weighted by molar-refractivity contribution is 7.90. The Kier molecular flexibility index (Phi) is 5.85. The molecule has 1 heterocycles. The molecule has 0 aliphatic carbocycles. The number of benzene rings is 2. The van der Waals surface area contributed by atoms with E-state index in [1.165, 1.54) is 6.26 Å². The van der Waals surface area contributed by atoms with Crippen molar-refractivity contribution in [2.24, 2.45) is 0 Å². The van der Waals surface area contributed by atoms with E-state index in [0.29, 0.717) is 6.54 Å². The van der Waals surface area contributed by atoms with E-state index in [-0.39, 0.29) is 17.8 Å². The number of carbonyl (C=O) groups excluding carboxylic acids is 1. The number of carbonyl (C=O) groups is 1. The first-order chi connectivity index (χ1) is 12.8. The minimum atomic E-state index is -3.13. The predicted octanol–water partition coefficient (Wildman–Crippen LogP) is 4.09. The van der Waals surface area contributed by atoms with Gasteiger partial charge in [0.2, 0.25) is 0 Å². The molecule has 1 fully saturated rings. The van der Waals surface area contributed by atoms with Crippen LogP contribution in [0.25, 0.3) is 11.1 Å². The number of rotatable bonds is 4. The molecule has 1 unspecified atom stereocenters. The van der Waals surface area contributed by atoms with Crippen LogP contribution in [0.1, 0.15) is 24.8 Å². The molecule has 2 aromatic carbocycles. The van der Waals surface area contributed by atoms with E-state index in [0.717, 1.165) is 41.6 Å². The lowest BCUT2D eigenvalue weighted by molar-refractivity contribution is 0.171. The molecule has 2 amide bonds. The van der Waals surface area contributed by atoms with Gasteiger partial charge in [-0.25, -0.2) is 13.2 Å². The maximum absolute atomic E-state index is 12.8. The Labute approximate surface area is 161 Å². The average Bonchev–Trinajstić information content (AvgIpc) is 2.63. The highest BCUT2D eigenvalue weighted by atomic mass is 32.2. The number of urea groups is 1. The third-order valence-corrected chi connectivity index (χ3v) is 5.95. The first kappa shape index (κ1) is 19.4. The molecule has 144 valence electrons. The summed E-state index contributed by atoms with van der Waals surface area (Å²) >= 11 is 0. The summed E-state index contributed by atoms with van der Waals surface area (Å²) in [5.41, 5.74) is 3.95. The van der Waals surface area contributed by atoms with Crippen molar-refractivity contribution in [3.63, 3.8) is 0 Å². The van der Waals surface area contributed by atoms with Crippen LogP contribution in [-0.2, 0) is 9.84 Å². The van der Waals surface area contributed by atoms with Gasteiger partial charge >= 0.3 is 6.03 Å². The van der Waals surface area contributed by atoms with Crippen molar-refractivity contribution in [1.82, 2.24) is 4.90 Å². The van der Waals surface area contributed by atoms with Gasteiger partial charge in [0.25, 0.3) is 0 Å². The van der Waals surface area contributed by atoms with Crippen LogP contribution in [0, 0.1) is 6.92 Å². The Bertz CT molecular complexity index is 910. The standard InChI is InChI=1S/C21H26N2O3S/c1-16-14-18(17-8-4-3-5-9-17)11-12-20(16)22-21(24)23-13-7-6-10-19(23)15-27(2,25)26/h3-5,8-9,11-12,14,19H,6-7,10,13,15H2,1-2H3,(H,22,24). The first-order valence-electron chi connectivity index (χ1n) is 9.25. The van der Waals surface area contributed by atoms with Crippen LogP contribution in [0.15, 0.2) is 48.5 Å². The smallest absolute Gasteiger partial charge is 0.321 e. The second-order valence-corrected chi connectivity index (χ2v) is 9.45. The van der Waals surface area contributed by atoms with Crippen LogP contribution in [0.4, 0.5) is 10.5 Å². The topological polar surface area (TPSA) is 66.5 Å². The molecule has 1 saturated heterocycles. The lowest BCUT2D eigenvalue weighted by Gasteiger charge is -2.35. The average molecular weight is 387 g/mol. The number of likely N-dealkylation sites (tertiary alicyclic amines) is 1. The molecule has 2 aromatic rings. The highest BCUT2D eigenvalue weighted by Crippen LogP contribution is 2.26. The van der Waals surface area contributed by atoms with Crippen molar-refractivity contribution < 1.29 is 13.2 Å². The number of sulfone groups is 1. The van der Waals surface area contributed by atoms with Gasteiger partial charge in [-0.3, -0.25) is 0 Å². The molecule has 1 aliphatic heterocycles. The number of nitrogens with zero attached hydrogens (tertiary/aromatic N) is 1. The number of hydrogen-bond acceptors (Lipinski definition) is 3. The number of anilines is 1. The van der Waals surface area contributed by atoms with E-state index in [1.54, 1.807) is 4.90 Å². The maximum Gasteiger partial charge on any atom is 0.322 e. The van der Waals surface area contributed by atoms with Crippen LogP contribution in [0.5, 0.6) is 0 Å². The SMILES string of the molecule is Cc1cc(-c2ccccc2)ccc1NC(=O)N1CCCCC1CS(C)(=O)=O. The quantitative estimate of drug-likeness (QED) is 0.860. The summed E-state index contributed by atoms with van der Waals surface area (Å²) in [4.78, 5) is 14.5. The lowest BCUT2D eigenvalue weighted by atomic mass is 10.0. The molecule has 0 saturated carbocycles. The molecular formula is C21H26N2O3S. The summed E-state index contributed by atoms with van der Waals surface area (Å²) in [6.07, 6.45) is 3.81. The third kappa shape index (κ3) is 5.10. The van der Waals surface area contributed by atoms with Gasteiger partial charge in [0, 0.05) is 24.5 Å². The fraction of sp³-hybridized carbons (Fsp3) is 0.381. The van der Waals surface area contributed by atoms with Gasteiger partial charge in [-0.1, -0.05) is 36.4 Å². The Morgan fingerprint density at radius 2 is 1.85 bits per heavy atom. The van der Waals surface area contributed by atoms with Gasteiger partial charge in [0.05, 0.1) is 5.75 Å². The number of piperidine rings is 1. The van der Waals surface area contributed by atoms with E-state index < -0.39 is 9.84 Å². The zero-order chi connectivity index (χ0) is 19.4. The molecule has 0 radical (unpaired) electrons. The normalized spacial score (nSPS) is 17.6. The molecule has 0 bridgehead atoms. The fourth-order valence-corrected chi connectivity index (χ4v) is 4.64. The van der Waals surface area contributed by atoms with Crippen molar-refractivity contribution in [3.8, 4) is 11.1 Å². The van der Waals surface area contributed by atoms with Crippen LogP contribution >= 0.6 is 0 Å². The molecule has 1 aliphatic rings. The van der Waals surface area contributed by atoms with Crippen molar-refractivity contribution in [3.05, 3.63) is 54.1 Å². The van der Waals surface area contributed by atoms with Gasteiger partial charge in [-0.2, -0.15) is 0 Å². The van der Waals surface area contributed by atoms with Crippen molar-refractivity contribution in [2.75, 3.05) is 23.9 Å². The summed E-state index contributed by atoms with van der Waals surface area (Å²) in [6.45, 7) is 2.55. The second kappa shape index (κ2) is 8.13. The summed E-state index contributed by atoms with van der Waals surface area (Å²) in [6, 6.07) is 15.6. The number of amides is 2.